The summed E-state index contributed by atoms with van der Waals surface area (Å²) in [6, 6.07) is 9.03. The lowest BCUT2D eigenvalue weighted by molar-refractivity contribution is -0.151. The molecule has 9 heteroatoms. The predicted molar refractivity (Wildman–Crippen MR) is 140 cm³/mol. The first-order valence-electron chi connectivity index (χ1n) is 13.6. The summed E-state index contributed by atoms with van der Waals surface area (Å²) < 4.78 is 18.5. The molecule has 1 aliphatic carbocycles. The van der Waals surface area contributed by atoms with Gasteiger partial charge in [-0.15, -0.1) is 0 Å². The van der Waals surface area contributed by atoms with Crippen LogP contribution in [0.4, 0.5) is 0 Å². The molecule has 4 N–H and O–H groups in total. The van der Waals surface area contributed by atoms with Crippen LogP contribution in [0.15, 0.2) is 30.3 Å². The lowest BCUT2D eigenvalue weighted by Gasteiger charge is -2.29. The van der Waals surface area contributed by atoms with E-state index in [0.717, 1.165) is 38.5 Å². The van der Waals surface area contributed by atoms with Gasteiger partial charge in [-0.25, -0.2) is 4.79 Å². The number of rotatable bonds is 14. The Labute approximate surface area is 215 Å². The first-order chi connectivity index (χ1) is 17.3. The number of aliphatic carboxylic acids is 1. The Morgan fingerprint density at radius 3 is 2.44 bits per heavy atom. The first kappa shape index (κ1) is 28.8. The maximum Gasteiger partial charge on any atom is 0.328 e. The summed E-state index contributed by atoms with van der Waals surface area (Å²) in [4.78, 5) is 37.6. The number of hydrogen-bond donors (Lipinski definition) is 3. The molecule has 1 aliphatic heterocycles. The van der Waals surface area contributed by atoms with Gasteiger partial charge in [0.15, 0.2) is 0 Å². The molecule has 1 saturated carbocycles. The van der Waals surface area contributed by atoms with Crippen LogP contribution < -0.4 is 5.73 Å². The molecule has 1 saturated heterocycles. The van der Waals surface area contributed by atoms with Crippen molar-refractivity contribution in [3.05, 3.63) is 35.9 Å². The second-order valence-electron chi connectivity index (χ2n) is 10.4. The summed E-state index contributed by atoms with van der Waals surface area (Å²) in [6.07, 6.45) is 8.45. The fourth-order valence-electron chi connectivity index (χ4n) is 5.71. The molecule has 1 aromatic rings. The Balaban J connectivity index is 1.62. The van der Waals surface area contributed by atoms with Crippen LogP contribution in [0.3, 0.4) is 0 Å². The molecule has 1 heterocycles. The van der Waals surface area contributed by atoms with E-state index in [2.05, 4.69) is 0 Å². The fourth-order valence-corrected chi connectivity index (χ4v) is 7.03. The number of unbranched alkanes of at least 4 members (excludes halogenated alkanes) is 2. The zero-order valence-corrected chi connectivity index (χ0v) is 22.2. The van der Waals surface area contributed by atoms with E-state index in [9.17, 15) is 24.2 Å². The number of carboxylic acid groups (broad SMARTS) is 1. The minimum Gasteiger partial charge on any atom is -0.480 e. The Hall–Kier alpha value is -1.73. The highest BCUT2D eigenvalue weighted by Gasteiger charge is 2.45. The summed E-state index contributed by atoms with van der Waals surface area (Å²) in [7, 11) is -4.02. The van der Waals surface area contributed by atoms with Crippen molar-refractivity contribution in [1.82, 2.24) is 4.90 Å². The Morgan fingerprint density at radius 1 is 1.06 bits per heavy atom. The van der Waals surface area contributed by atoms with Crippen molar-refractivity contribution in [1.29, 1.82) is 0 Å². The number of likely N-dealkylation sites (tertiary alicyclic amines) is 1. The fraction of sp³-hybridized carbons (Fsp3) is 0.704. The molecule has 1 amide bonds. The van der Waals surface area contributed by atoms with Gasteiger partial charge in [0.2, 0.25) is 0 Å². The highest BCUT2D eigenvalue weighted by Crippen LogP contribution is 2.46. The highest BCUT2D eigenvalue weighted by atomic mass is 31.2. The molecular formula is C27H43N2O6P. The number of nitrogens with two attached hydrogens (primary N) is 1. The van der Waals surface area contributed by atoms with Crippen molar-refractivity contribution in [3.8, 4) is 0 Å². The second kappa shape index (κ2) is 14.3. The molecule has 1 unspecified atom stereocenters. The molecule has 202 valence electrons. The average molecular weight is 523 g/mol. The van der Waals surface area contributed by atoms with E-state index in [1.807, 2.05) is 30.3 Å². The quantitative estimate of drug-likeness (QED) is 0.241. The van der Waals surface area contributed by atoms with Gasteiger partial charge in [0.1, 0.15) is 12.1 Å². The number of hydrogen-bond acceptors (Lipinski definition) is 5. The number of carboxylic acids is 1. The van der Waals surface area contributed by atoms with E-state index in [-0.39, 0.29) is 18.5 Å². The smallest absolute Gasteiger partial charge is 0.328 e. The SMILES string of the molecule is NCCCC[C@H](OP(=O)(O)CCCCc1ccccc1)C(=O)N1C[C@H](C2CCCCC2)C[C@H]1C(=O)O. The van der Waals surface area contributed by atoms with Crippen LogP contribution in [0.2, 0.25) is 0 Å². The first-order valence-corrected chi connectivity index (χ1v) is 15.3. The summed E-state index contributed by atoms with van der Waals surface area (Å²) >= 11 is 0. The number of carbonyl (C=O) groups excluding carboxylic acids is 1. The minimum absolute atomic E-state index is 0.0342. The molecule has 0 aromatic heterocycles. The molecule has 2 fully saturated rings. The lowest BCUT2D eigenvalue weighted by atomic mass is 9.79. The molecule has 3 rings (SSSR count). The Bertz CT molecular complexity index is 876. The van der Waals surface area contributed by atoms with E-state index in [4.69, 9.17) is 10.3 Å². The summed E-state index contributed by atoms with van der Waals surface area (Å²) in [5.74, 6) is -0.908. The van der Waals surface area contributed by atoms with Gasteiger partial charge in [0, 0.05) is 6.54 Å². The summed E-state index contributed by atoms with van der Waals surface area (Å²) in [5.41, 5.74) is 6.78. The molecule has 0 bridgehead atoms. The molecule has 2 aliphatic rings. The number of nitrogens with zero attached hydrogens (tertiary/aromatic N) is 1. The number of benzene rings is 1. The zero-order chi connectivity index (χ0) is 26.0. The zero-order valence-electron chi connectivity index (χ0n) is 21.3. The van der Waals surface area contributed by atoms with Crippen molar-refractivity contribution in [2.45, 2.75) is 89.2 Å². The highest BCUT2D eigenvalue weighted by molar-refractivity contribution is 7.52. The third kappa shape index (κ3) is 8.69. The summed E-state index contributed by atoms with van der Waals surface area (Å²) in [5, 5.41) is 9.86. The molecule has 4 atom stereocenters. The standard InChI is InChI=1S/C27H43N2O6P/c28-17-9-7-16-25(35-36(33,34)18-10-8-13-21-11-3-1-4-12-21)26(30)29-20-23(19-24(29)27(31)32)22-14-5-2-6-15-22/h1,3-4,11-12,22-25H,2,5-10,13-20,28H2,(H,31,32)(H,33,34)/t23-,24+,25+/m1/s1. The lowest BCUT2D eigenvalue weighted by Crippen LogP contribution is -2.46. The second-order valence-corrected chi connectivity index (χ2v) is 12.4. The minimum atomic E-state index is -4.02. The largest absolute Gasteiger partial charge is 0.480 e. The number of carbonyl (C=O) groups is 2. The van der Waals surface area contributed by atoms with Gasteiger partial charge in [0.05, 0.1) is 6.16 Å². The van der Waals surface area contributed by atoms with Gasteiger partial charge in [-0.2, -0.15) is 0 Å². The van der Waals surface area contributed by atoms with Gasteiger partial charge in [-0.1, -0.05) is 62.4 Å². The Kier molecular flexibility index (Phi) is 11.4. The average Bonchev–Trinajstić information content (AvgIpc) is 3.33. The molecule has 36 heavy (non-hydrogen) atoms. The maximum absolute atomic E-state index is 13.5. The van der Waals surface area contributed by atoms with Crippen LogP contribution in [0.5, 0.6) is 0 Å². The van der Waals surface area contributed by atoms with E-state index in [1.165, 1.54) is 16.9 Å². The van der Waals surface area contributed by atoms with Crippen LogP contribution >= 0.6 is 7.60 Å². The van der Waals surface area contributed by atoms with E-state index >= 15 is 0 Å². The van der Waals surface area contributed by atoms with Gasteiger partial charge in [-0.05, 0) is 68.9 Å². The topological polar surface area (TPSA) is 130 Å². The van der Waals surface area contributed by atoms with Crippen molar-refractivity contribution >= 4 is 19.5 Å². The monoisotopic (exact) mass is 522 g/mol. The third-order valence-electron chi connectivity index (χ3n) is 7.70. The predicted octanol–water partition coefficient (Wildman–Crippen LogP) is 4.59. The van der Waals surface area contributed by atoms with Gasteiger partial charge < -0.3 is 20.6 Å². The Morgan fingerprint density at radius 2 is 1.78 bits per heavy atom. The molecular weight excluding hydrogens is 479 g/mol. The van der Waals surface area contributed by atoms with Crippen LogP contribution in [-0.4, -0.2) is 58.2 Å². The molecule has 0 spiro atoms. The van der Waals surface area contributed by atoms with Crippen molar-refractivity contribution in [3.63, 3.8) is 0 Å². The van der Waals surface area contributed by atoms with E-state index < -0.39 is 31.6 Å². The number of aryl methyl sites for hydroxylation is 1. The summed E-state index contributed by atoms with van der Waals surface area (Å²) in [6.45, 7) is 0.826. The van der Waals surface area contributed by atoms with E-state index in [0.29, 0.717) is 44.7 Å². The normalized spacial score (nSPS) is 23.3. The van der Waals surface area contributed by atoms with Gasteiger partial charge >= 0.3 is 13.6 Å². The van der Waals surface area contributed by atoms with Crippen molar-refractivity contribution in [2.24, 2.45) is 17.6 Å². The van der Waals surface area contributed by atoms with Crippen molar-refractivity contribution < 1.29 is 28.7 Å². The van der Waals surface area contributed by atoms with Gasteiger partial charge in [0.25, 0.3) is 5.91 Å². The van der Waals surface area contributed by atoms with Crippen LogP contribution in [0.25, 0.3) is 0 Å². The molecule has 1 aromatic carbocycles. The van der Waals surface area contributed by atoms with E-state index in [1.54, 1.807) is 0 Å². The van der Waals surface area contributed by atoms with Crippen LogP contribution in [0, 0.1) is 11.8 Å². The van der Waals surface area contributed by atoms with Crippen molar-refractivity contribution in [2.75, 3.05) is 19.3 Å². The maximum atomic E-state index is 13.5. The molecule has 0 radical (unpaired) electrons. The number of amides is 1. The third-order valence-corrected chi connectivity index (χ3v) is 9.17. The molecule has 8 nitrogen and oxygen atoms in total. The van der Waals surface area contributed by atoms with Gasteiger partial charge in [-0.3, -0.25) is 13.9 Å². The van der Waals surface area contributed by atoms with Crippen LogP contribution in [0.1, 0.15) is 76.2 Å². The van der Waals surface area contributed by atoms with Crippen LogP contribution in [-0.2, 0) is 25.1 Å².